The molecule has 0 fully saturated rings. The minimum Gasteiger partial charge on any atom is -0.491 e. The van der Waals surface area contributed by atoms with E-state index >= 15 is 0 Å². The summed E-state index contributed by atoms with van der Waals surface area (Å²) >= 11 is 9.28. The summed E-state index contributed by atoms with van der Waals surface area (Å²) in [6.07, 6.45) is 0.398. The van der Waals surface area contributed by atoms with Gasteiger partial charge in [-0.05, 0) is 40.7 Å². The van der Waals surface area contributed by atoms with Crippen LogP contribution >= 0.6 is 27.5 Å². The molecule has 1 aromatic carbocycles. The molecule has 20 heavy (non-hydrogen) atoms. The third kappa shape index (κ3) is 6.11. The predicted octanol–water partition coefficient (Wildman–Crippen LogP) is 3.37. The molecule has 0 unspecified atom stereocenters. The second kappa shape index (κ2) is 9.21. The zero-order valence-electron chi connectivity index (χ0n) is 11.7. The summed E-state index contributed by atoms with van der Waals surface area (Å²) in [4.78, 5) is 13.2. The summed E-state index contributed by atoms with van der Waals surface area (Å²) in [6, 6.07) is 5.42. The fraction of sp³-hybridized carbons (Fsp3) is 0.500. The Morgan fingerprint density at radius 1 is 1.40 bits per heavy atom. The number of halogens is 2. The number of likely N-dealkylation sites (N-methyl/N-ethyl adjacent to an activating group) is 1. The quantitative estimate of drug-likeness (QED) is 0.663. The number of esters is 1. The Hall–Kier alpha value is -0.780. The zero-order chi connectivity index (χ0) is 15.0. The Morgan fingerprint density at radius 2 is 2.15 bits per heavy atom. The lowest BCUT2D eigenvalue weighted by molar-refractivity contribution is -0.141. The second-order valence-corrected chi connectivity index (χ2v) is 5.47. The van der Waals surface area contributed by atoms with Gasteiger partial charge in [-0.25, -0.2) is 0 Å². The minimum absolute atomic E-state index is 0.190. The van der Waals surface area contributed by atoms with Crippen molar-refractivity contribution in [2.24, 2.45) is 0 Å². The van der Waals surface area contributed by atoms with Gasteiger partial charge in [-0.15, -0.1) is 0 Å². The molecule has 0 aromatic heterocycles. The van der Waals surface area contributed by atoms with Gasteiger partial charge in [0.2, 0.25) is 0 Å². The van der Waals surface area contributed by atoms with E-state index in [9.17, 15) is 4.79 Å². The normalized spacial score (nSPS) is 10.7. The van der Waals surface area contributed by atoms with E-state index in [-0.39, 0.29) is 5.97 Å². The largest absolute Gasteiger partial charge is 0.491 e. The average Bonchev–Trinajstić information content (AvgIpc) is 2.44. The van der Waals surface area contributed by atoms with Crippen LogP contribution in [0.1, 0.15) is 13.3 Å². The van der Waals surface area contributed by atoms with Crippen LogP contribution in [0.5, 0.6) is 5.75 Å². The van der Waals surface area contributed by atoms with Gasteiger partial charge in [0.05, 0.1) is 18.0 Å². The van der Waals surface area contributed by atoms with Crippen LogP contribution in [0.3, 0.4) is 0 Å². The third-order valence-corrected chi connectivity index (χ3v) is 3.72. The Bertz CT molecular complexity index is 442. The first-order chi connectivity index (χ1) is 9.56. The van der Waals surface area contributed by atoms with Crippen molar-refractivity contribution in [3.05, 3.63) is 27.7 Å². The molecule has 4 nitrogen and oxygen atoms in total. The van der Waals surface area contributed by atoms with Crippen LogP contribution in [0.4, 0.5) is 0 Å². The number of rotatable bonds is 8. The fourth-order valence-electron chi connectivity index (χ4n) is 1.66. The van der Waals surface area contributed by atoms with Crippen LogP contribution in [-0.2, 0) is 9.53 Å². The molecule has 0 amide bonds. The van der Waals surface area contributed by atoms with Gasteiger partial charge < -0.3 is 9.47 Å². The van der Waals surface area contributed by atoms with Crippen LogP contribution < -0.4 is 4.74 Å². The Kier molecular flexibility index (Phi) is 7.95. The summed E-state index contributed by atoms with van der Waals surface area (Å²) in [7, 11) is 1.40. The first kappa shape index (κ1) is 17.3. The van der Waals surface area contributed by atoms with Crippen molar-refractivity contribution in [1.29, 1.82) is 0 Å². The molecule has 0 heterocycles. The third-order valence-electron chi connectivity index (χ3n) is 2.87. The molecule has 0 saturated heterocycles. The van der Waals surface area contributed by atoms with E-state index in [1.165, 1.54) is 7.11 Å². The number of carbonyl (C=O) groups is 1. The van der Waals surface area contributed by atoms with Gasteiger partial charge in [-0.3, -0.25) is 9.69 Å². The van der Waals surface area contributed by atoms with Crippen molar-refractivity contribution in [2.75, 3.05) is 33.4 Å². The maximum absolute atomic E-state index is 11.1. The second-order valence-electron chi connectivity index (χ2n) is 4.18. The van der Waals surface area contributed by atoms with Gasteiger partial charge in [-0.2, -0.15) is 0 Å². The van der Waals surface area contributed by atoms with Crippen LogP contribution in [0.15, 0.2) is 22.7 Å². The van der Waals surface area contributed by atoms with Crippen molar-refractivity contribution in [1.82, 2.24) is 4.90 Å². The van der Waals surface area contributed by atoms with Gasteiger partial charge >= 0.3 is 5.97 Å². The van der Waals surface area contributed by atoms with Crippen molar-refractivity contribution in [3.8, 4) is 5.75 Å². The number of methoxy groups -OCH3 is 1. The minimum atomic E-state index is -0.190. The van der Waals surface area contributed by atoms with Crippen molar-refractivity contribution < 1.29 is 14.3 Å². The van der Waals surface area contributed by atoms with E-state index in [0.717, 1.165) is 23.3 Å². The van der Waals surface area contributed by atoms with Gasteiger partial charge in [0, 0.05) is 18.1 Å². The number of ether oxygens (including phenoxy) is 2. The Morgan fingerprint density at radius 3 is 2.75 bits per heavy atom. The monoisotopic (exact) mass is 363 g/mol. The summed E-state index contributed by atoms with van der Waals surface area (Å²) in [5.74, 6) is 0.572. The predicted molar refractivity (Wildman–Crippen MR) is 83.4 cm³/mol. The van der Waals surface area contributed by atoms with Gasteiger partial charge in [0.15, 0.2) is 0 Å². The average molecular weight is 365 g/mol. The zero-order valence-corrected chi connectivity index (χ0v) is 14.0. The van der Waals surface area contributed by atoms with Crippen molar-refractivity contribution in [3.63, 3.8) is 0 Å². The molecule has 0 atom stereocenters. The molecular formula is C14H19BrClNO3. The molecule has 1 aromatic rings. The van der Waals surface area contributed by atoms with E-state index in [1.807, 2.05) is 6.07 Å². The van der Waals surface area contributed by atoms with Crippen LogP contribution in [-0.4, -0.2) is 44.2 Å². The summed E-state index contributed by atoms with van der Waals surface area (Å²) < 4.78 is 11.2. The maximum atomic E-state index is 11.1. The first-order valence-electron chi connectivity index (χ1n) is 6.43. The van der Waals surface area contributed by atoms with Gasteiger partial charge in [0.25, 0.3) is 0 Å². The molecular weight excluding hydrogens is 346 g/mol. The highest BCUT2D eigenvalue weighted by atomic mass is 79.9. The number of benzene rings is 1. The lowest BCUT2D eigenvalue weighted by Crippen LogP contribution is -2.30. The molecule has 0 aliphatic rings. The summed E-state index contributed by atoms with van der Waals surface area (Å²) in [5, 5.41) is 0.664. The van der Waals surface area contributed by atoms with Crippen LogP contribution in [0.25, 0.3) is 0 Å². The lowest BCUT2D eigenvalue weighted by atomic mass is 10.3. The van der Waals surface area contributed by atoms with Gasteiger partial charge in [0.1, 0.15) is 12.4 Å². The Labute approximate surface area is 133 Å². The molecule has 0 radical (unpaired) electrons. The highest BCUT2D eigenvalue weighted by Crippen LogP contribution is 2.27. The molecule has 0 saturated carbocycles. The molecule has 6 heteroatoms. The van der Waals surface area contributed by atoms with E-state index < -0.39 is 0 Å². The van der Waals surface area contributed by atoms with E-state index in [1.54, 1.807) is 12.1 Å². The smallest absolute Gasteiger partial charge is 0.306 e. The van der Waals surface area contributed by atoms with E-state index in [4.69, 9.17) is 16.3 Å². The highest BCUT2D eigenvalue weighted by Gasteiger charge is 2.08. The van der Waals surface area contributed by atoms with Crippen LogP contribution in [0, 0.1) is 0 Å². The van der Waals surface area contributed by atoms with E-state index in [0.29, 0.717) is 24.6 Å². The Balaban J connectivity index is 2.35. The first-order valence-corrected chi connectivity index (χ1v) is 7.61. The number of hydrogen-bond donors (Lipinski definition) is 0. The standard InChI is InChI=1S/C14H19BrClNO3/c1-3-17(7-6-14(18)19-2)8-9-20-13-5-4-11(16)10-12(13)15/h4-5,10H,3,6-9H2,1-2H3. The molecule has 0 bridgehead atoms. The topological polar surface area (TPSA) is 38.8 Å². The molecule has 0 N–H and O–H groups in total. The lowest BCUT2D eigenvalue weighted by Gasteiger charge is -2.20. The van der Waals surface area contributed by atoms with Crippen molar-refractivity contribution >= 4 is 33.5 Å². The summed E-state index contributed by atoms with van der Waals surface area (Å²) in [6.45, 7) is 4.89. The molecule has 0 aliphatic heterocycles. The maximum Gasteiger partial charge on any atom is 0.306 e. The molecule has 1 rings (SSSR count). The summed E-state index contributed by atoms with van der Waals surface area (Å²) in [5.41, 5.74) is 0. The van der Waals surface area contributed by atoms with Crippen LogP contribution in [0.2, 0.25) is 5.02 Å². The highest BCUT2D eigenvalue weighted by molar-refractivity contribution is 9.10. The fourth-order valence-corrected chi connectivity index (χ4v) is 2.45. The number of carbonyl (C=O) groups excluding carboxylic acids is 1. The SMILES string of the molecule is CCN(CCOc1ccc(Cl)cc1Br)CCC(=O)OC. The number of hydrogen-bond acceptors (Lipinski definition) is 4. The van der Waals surface area contributed by atoms with E-state index in [2.05, 4.69) is 32.5 Å². The number of nitrogens with zero attached hydrogens (tertiary/aromatic N) is 1. The molecule has 0 aliphatic carbocycles. The van der Waals surface area contributed by atoms with Gasteiger partial charge in [-0.1, -0.05) is 18.5 Å². The molecule has 0 spiro atoms. The molecule has 112 valence electrons. The van der Waals surface area contributed by atoms with Crippen molar-refractivity contribution in [2.45, 2.75) is 13.3 Å².